The van der Waals surface area contributed by atoms with Crippen molar-refractivity contribution in [2.45, 2.75) is 12.8 Å². The highest BCUT2D eigenvalue weighted by molar-refractivity contribution is 5.94. The Bertz CT molecular complexity index is 450. The fourth-order valence-electron chi connectivity index (χ4n) is 2.08. The minimum absolute atomic E-state index is 0.0806. The number of hydrogen-bond acceptors (Lipinski definition) is 4. The summed E-state index contributed by atoms with van der Waals surface area (Å²) in [6.07, 6.45) is 2.18. The first kappa shape index (κ1) is 13.4. The third-order valence-corrected chi connectivity index (χ3v) is 3.19. The largest absolute Gasteiger partial charge is 0.468 e. The molecule has 1 saturated heterocycles. The second-order valence-corrected chi connectivity index (χ2v) is 4.51. The zero-order chi connectivity index (χ0) is 13.7. The second-order valence-electron chi connectivity index (χ2n) is 4.51. The third kappa shape index (κ3) is 3.47. The highest BCUT2D eigenvalue weighted by Crippen LogP contribution is 2.15. The molecule has 0 radical (unpaired) electrons. The standard InChI is InChI=1S/C14H18N2O3/c1-19-13(17)10-15-12-6-4-11(5-7-12)14(18)16-8-2-3-9-16/h4-7,15H,2-3,8-10H2,1H3. The Hall–Kier alpha value is -2.04. The molecular weight excluding hydrogens is 244 g/mol. The minimum Gasteiger partial charge on any atom is -0.468 e. The molecule has 5 heteroatoms. The molecule has 19 heavy (non-hydrogen) atoms. The Balaban J connectivity index is 1.94. The summed E-state index contributed by atoms with van der Waals surface area (Å²) in [6.45, 7) is 1.82. The summed E-state index contributed by atoms with van der Waals surface area (Å²) in [5, 5.41) is 2.93. The van der Waals surface area contributed by atoms with E-state index >= 15 is 0 Å². The van der Waals surface area contributed by atoms with Gasteiger partial charge in [0.05, 0.1) is 7.11 Å². The number of amides is 1. The van der Waals surface area contributed by atoms with Crippen molar-refractivity contribution in [3.05, 3.63) is 29.8 Å². The lowest BCUT2D eigenvalue weighted by atomic mass is 10.2. The van der Waals surface area contributed by atoms with E-state index in [1.807, 2.05) is 4.90 Å². The van der Waals surface area contributed by atoms with Crippen LogP contribution in [0.15, 0.2) is 24.3 Å². The van der Waals surface area contributed by atoms with Crippen molar-refractivity contribution >= 4 is 17.6 Å². The highest BCUT2D eigenvalue weighted by atomic mass is 16.5. The van der Waals surface area contributed by atoms with Crippen molar-refractivity contribution in [2.24, 2.45) is 0 Å². The molecule has 1 aromatic rings. The van der Waals surface area contributed by atoms with Gasteiger partial charge in [-0.25, -0.2) is 0 Å². The first-order valence-corrected chi connectivity index (χ1v) is 6.41. The Kier molecular flexibility index (Phi) is 4.39. The quantitative estimate of drug-likeness (QED) is 0.836. The molecule has 1 amide bonds. The van der Waals surface area contributed by atoms with Crippen LogP contribution in [0, 0.1) is 0 Å². The van der Waals surface area contributed by atoms with Crippen molar-refractivity contribution < 1.29 is 14.3 Å². The molecule has 0 unspecified atom stereocenters. The first-order chi connectivity index (χ1) is 9.20. The molecule has 1 N–H and O–H groups in total. The summed E-state index contributed by atoms with van der Waals surface area (Å²) in [4.78, 5) is 25.0. The summed E-state index contributed by atoms with van der Waals surface area (Å²) in [6, 6.07) is 7.15. The van der Waals surface area contributed by atoms with Crippen molar-refractivity contribution in [3.63, 3.8) is 0 Å². The van der Waals surface area contributed by atoms with Gasteiger partial charge >= 0.3 is 5.97 Å². The number of esters is 1. The van der Waals surface area contributed by atoms with Gasteiger partial charge in [0.1, 0.15) is 6.54 Å². The summed E-state index contributed by atoms with van der Waals surface area (Å²) in [5.74, 6) is -0.241. The van der Waals surface area contributed by atoms with Gasteiger partial charge in [-0.3, -0.25) is 9.59 Å². The first-order valence-electron chi connectivity index (χ1n) is 6.41. The van der Waals surface area contributed by atoms with Gasteiger partial charge in [0, 0.05) is 24.3 Å². The van der Waals surface area contributed by atoms with E-state index in [-0.39, 0.29) is 18.4 Å². The van der Waals surface area contributed by atoms with Gasteiger partial charge in [-0.05, 0) is 37.1 Å². The molecule has 5 nitrogen and oxygen atoms in total. The van der Waals surface area contributed by atoms with E-state index in [4.69, 9.17) is 0 Å². The molecule has 0 aromatic heterocycles. The molecule has 1 aliphatic rings. The number of rotatable bonds is 4. The van der Waals surface area contributed by atoms with Gasteiger partial charge in [0.15, 0.2) is 0 Å². The maximum absolute atomic E-state index is 12.1. The lowest BCUT2D eigenvalue weighted by molar-refractivity contribution is -0.138. The van der Waals surface area contributed by atoms with E-state index < -0.39 is 0 Å². The molecule has 1 fully saturated rings. The number of hydrogen-bond donors (Lipinski definition) is 1. The van der Waals surface area contributed by atoms with Crippen LogP contribution in [-0.2, 0) is 9.53 Å². The van der Waals surface area contributed by atoms with Crippen LogP contribution < -0.4 is 5.32 Å². The molecule has 0 spiro atoms. The number of ether oxygens (including phenoxy) is 1. The summed E-state index contributed by atoms with van der Waals surface area (Å²) >= 11 is 0. The van der Waals surface area contributed by atoms with Crippen LogP contribution in [0.2, 0.25) is 0 Å². The lowest BCUT2D eigenvalue weighted by Crippen LogP contribution is -2.27. The SMILES string of the molecule is COC(=O)CNc1ccc(C(=O)N2CCCC2)cc1. The van der Waals surface area contributed by atoms with Crippen LogP contribution in [0.4, 0.5) is 5.69 Å². The average molecular weight is 262 g/mol. The van der Waals surface area contributed by atoms with E-state index in [1.165, 1.54) is 7.11 Å². The second kappa shape index (κ2) is 6.22. The Labute approximate surface area is 112 Å². The van der Waals surface area contributed by atoms with Gasteiger partial charge in [0.25, 0.3) is 5.91 Å². The minimum atomic E-state index is -0.322. The molecule has 0 saturated carbocycles. The Morgan fingerprint density at radius 3 is 2.42 bits per heavy atom. The number of nitrogens with zero attached hydrogens (tertiary/aromatic N) is 1. The molecule has 1 aromatic carbocycles. The van der Waals surface area contributed by atoms with Gasteiger partial charge < -0.3 is 15.0 Å². The van der Waals surface area contributed by atoms with Crippen LogP contribution in [0.25, 0.3) is 0 Å². The molecule has 2 rings (SSSR count). The predicted octanol–water partition coefficient (Wildman–Crippen LogP) is 1.51. The fourth-order valence-corrected chi connectivity index (χ4v) is 2.08. The van der Waals surface area contributed by atoms with E-state index in [0.29, 0.717) is 5.56 Å². The third-order valence-electron chi connectivity index (χ3n) is 3.19. The Morgan fingerprint density at radius 1 is 1.21 bits per heavy atom. The number of carbonyl (C=O) groups is 2. The molecule has 1 aliphatic heterocycles. The number of likely N-dealkylation sites (tertiary alicyclic amines) is 1. The smallest absolute Gasteiger partial charge is 0.325 e. The average Bonchev–Trinajstić information content (AvgIpc) is 2.98. The van der Waals surface area contributed by atoms with Crippen LogP contribution in [0.3, 0.4) is 0 Å². The van der Waals surface area contributed by atoms with Crippen LogP contribution in [0.5, 0.6) is 0 Å². The number of carbonyl (C=O) groups excluding carboxylic acids is 2. The van der Waals surface area contributed by atoms with E-state index in [1.54, 1.807) is 24.3 Å². The van der Waals surface area contributed by atoms with Crippen molar-refractivity contribution in [1.29, 1.82) is 0 Å². The lowest BCUT2D eigenvalue weighted by Gasteiger charge is -2.15. The maximum atomic E-state index is 12.1. The number of nitrogens with one attached hydrogen (secondary N) is 1. The molecule has 0 atom stereocenters. The predicted molar refractivity (Wildman–Crippen MR) is 72.1 cm³/mol. The molecule has 0 bridgehead atoms. The zero-order valence-electron chi connectivity index (χ0n) is 11.0. The topological polar surface area (TPSA) is 58.6 Å². The van der Waals surface area contributed by atoms with Crippen molar-refractivity contribution in [1.82, 2.24) is 4.90 Å². The maximum Gasteiger partial charge on any atom is 0.325 e. The summed E-state index contributed by atoms with van der Waals surface area (Å²) < 4.78 is 4.54. The van der Waals surface area contributed by atoms with Crippen molar-refractivity contribution in [3.8, 4) is 0 Å². The van der Waals surface area contributed by atoms with E-state index in [0.717, 1.165) is 31.6 Å². The number of benzene rings is 1. The molecular formula is C14H18N2O3. The van der Waals surface area contributed by atoms with E-state index in [2.05, 4.69) is 10.1 Å². The van der Waals surface area contributed by atoms with Gasteiger partial charge in [-0.1, -0.05) is 0 Å². The van der Waals surface area contributed by atoms with Gasteiger partial charge in [0.2, 0.25) is 0 Å². The number of anilines is 1. The molecule has 1 heterocycles. The highest BCUT2D eigenvalue weighted by Gasteiger charge is 2.19. The zero-order valence-corrected chi connectivity index (χ0v) is 11.0. The monoisotopic (exact) mass is 262 g/mol. The van der Waals surface area contributed by atoms with Crippen LogP contribution in [-0.4, -0.2) is 43.5 Å². The summed E-state index contributed by atoms with van der Waals surface area (Å²) in [5.41, 5.74) is 1.48. The fraction of sp³-hybridized carbons (Fsp3) is 0.429. The molecule has 0 aliphatic carbocycles. The Morgan fingerprint density at radius 2 is 1.84 bits per heavy atom. The number of methoxy groups -OCH3 is 1. The summed E-state index contributed by atoms with van der Waals surface area (Å²) in [7, 11) is 1.35. The van der Waals surface area contributed by atoms with Crippen LogP contribution in [0.1, 0.15) is 23.2 Å². The normalized spacial score (nSPS) is 14.3. The van der Waals surface area contributed by atoms with Gasteiger partial charge in [-0.15, -0.1) is 0 Å². The van der Waals surface area contributed by atoms with Crippen LogP contribution >= 0.6 is 0 Å². The molecule has 102 valence electrons. The van der Waals surface area contributed by atoms with Crippen molar-refractivity contribution in [2.75, 3.05) is 32.1 Å². The van der Waals surface area contributed by atoms with E-state index in [9.17, 15) is 9.59 Å². The van der Waals surface area contributed by atoms with Gasteiger partial charge in [-0.2, -0.15) is 0 Å².